The van der Waals surface area contributed by atoms with E-state index in [0.29, 0.717) is 41.2 Å². The summed E-state index contributed by atoms with van der Waals surface area (Å²) in [6.45, 7) is 3.54. The summed E-state index contributed by atoms with van der Waals surface area (Å²) in [5, 5.41) is 6.86. The van der Waals surface area contributed by atoms with E-state index in [4.69, 9.17) is 4.42 Å². The second-order valence-electron chi connectivity index (χ2n) is 10.2. The number of rotatable bonds is 6. The second kappa shape index (κ2) is 10.2. The lowest BCUT2D eigenvalue weighted by molar-refractivity contribution is -0.146. The summed E-state index contributed by atoms with van der Waals surface area (Å²) < 4.78 is 68.7. The molecular formula is C26H25F5N6O3. The molecule has 2 aromatic heterocycles. The van der Waals surface area contributed by atoms with E-state index in [1.165, 1.54) is 23.2 Å². The molecule has 5 rings (SSSR count). The van der Waals surface area contributed by atoms with Gasteiger partial charge in [0.1, 0.15) is 0 Å². The van der Waals surface area contributed by atoms with Crippen molar-refractivity contribution < 1.29 is 36.0 Å². The van der Waals surface area contributed by atoms with Crippen molar-refractivity contribution in [2.24, 2.45) is 0 Å². The van der Waals surface area contributed by atoms with Crippen LogP contribution in [0, 0.1) is 0 Å². The van der Waals surface area contributed by atoms with Gasteiger partial charge in [0.2, 0.25) is 11.8 Å². The van der Waals surface area contributed by atoms with Crippen molar-refractivity contribution in [1.82, 2.24) is 25.0 Å². The topological polar surface area (TPSA) is 95.7 Å². The summed E-state index contributed by atoms with van der Waals surface area (Å²) in [5.41, 5.74) is 1.23. The van der Waals surface area contributed by atoms with Gasteiger partial charge in [-0.25, -0.2) is 0 Å². The lowest BCUT2D eigenvalue weighted by atomic mass is 9.77. The predicted molar refractivity (Wildman–Crippen MR) is 132 cm³/mol. The normalized spacial score (nSPS) is 18.0. The smallest absolute Gasteiger partial charge is 0.401 e. The maximum Gasteiger partial charge on any atom is 0.401 e. The summed E-state index contributed by atoms with van der Waals surface area (Å²) in [7, 11) is 0. The molecular weight excluding hydrogens is 539 g/mol. The van der Waals surface area contributed by atoms with Crippen LogP contribution in [0.1, 0.15) is 47.8 Å². The Balaban J connectivity index is 1.34. The van der Waals surface area contributed by atoms with Gasteiger partial charge in [0.15, 0.2) is 0 Å². The number of anilines is 1. The number of hydrogen-bond acceptors (Lipinski definition) is 8. The van der Waals surface area contributed by atoms with Gasteiger partial charge in [-0.05, 0) is 43.7 Å². The van der Waals surface area contributed by atoms with E-state index in [1.807, 2.05) is 4.90 Å². The van der Waals surface area contributed by atoms with Crippen LogP contribution in [0.3, 0.4) is 0 Å². The van der Waals surface area contributed by atoms with Crippen LogP contribution >= 0.6 is 0 Å². The first kappa shape index (κ1) is 27.6. The van der Waals surface area contributed by atoms with Crippen LogP contribution in [0.15, 0.2) is 40.9 Å². The predicted octanol–water partition coefficient (Wildman–Crippen LogP) is 4.21. The molecule has 1 aromatic carbocycles. The number of carbonyl (C=O) groups is 2. The number of fused-ring (bicyclic) bond motifs is 1. The van der Waals surface area contributed by atoms with Gasteiger partial charge in [0.05, 0.1) is 29.8 Å². The number of carbonyl (C=O) groups excluding carboxylic acids is 2. The van der Waals surface area contributed by atoms with Gasteiger partial charge in [0.25, 0.3) is 11.8 Å². The molecule has 14 heteroatoms. The minimum absolute atomic E-state index is 0.132. The largest absolute Gasteiger partial charge is 0.415 e. The molecule has 40 heavy (non-hydrogen) atoms. The number of amides is 2. The molecule has 3 aromatic rings. The third-order valence-corrected chi connectivity index (χ3v) is 7.09. The lowest BCUT2D eigenvalue weighted by Gasteiger charge is -2.39. The molecule has 0 saturated carbocycles. The highest BCUT2D eigenvalue weighted by Crippen LogP contribution is 2.37. The van der Waals surface area contributed by atoms with Gasteiger partial charge < -0.3 is 9.32 Å². The van der Waals surface area contributed by atoms with Gasteiger partial charge in [-0.1, -0.05) is 6.07 Å². The Labute approximate surface area is 225 Å². The van der Waals surface area contributed by atoms with Crippen molar-refractivity contribution in [3.05, 3.63) is 59.2 Å². The molecule has 4 heterocycles. The number of aromatic nitrogens is 3. The monoisotopic (exact) mass is 564 g/mol. The molecule has 0 unspecified atom stereocenters. The molecule has 0 bridgehead atoms. The fraction of sp³-hybridized carbons (Fsp3) is 0.423. The van der Waals surface area contributed by atoms with Gasteiger partial charge in [-0.15, -0.1) is 10.2 Å². The Morgan fingerprint density at radius 1 is 1.02 bits per heavy atom. The lowest BCUT2D eigenvalue weighted by Crippen LogP contribution is -2.52. The summed E-state index contributed by atoms with van der Waals surface area (Å²) in [6.07, 6.45) is -5.84. The highest BCUT2D eigenvalue weighted by Gasteiger charge is 2.45. The number of piperazine rings is 1. The van der Waals surface area contributed by atoms with E-state index >= 15 is 0 Å². The van der Waals surface area contributed by atoms with Gasteiger partial charge in [0, 0.05) is 43.6 Å². The SMILES string of the molecule is CC1(C)C(=O)N(Cc2ccc(-c3nnc(C(F)F)o3)cn2)C(=O)c2cc(N3CCN(CC(F)(F)F)CC3)ccc21. The number of hydrogen-bond donors (Lipinski definition) is 0. The first-order valence-corrected chi connectivity index (χ1v) is 12.5. The van der Waals surface area contributed by atoms with E-state index in [2.05, 4.69) is 15.2 Å². The van der Waals surface area contributed by atoms with E-state index in [0.717, 1.165) is 4.90 Å². The van der Waals surface area contributed by atoms with E-state index in [9.17, 15) is 31.5 Å². The minimum atomic E-state index is -4.26. The minimum Gasteiger partial charge on any atom is -0.415 e. The average molecular weight is 565 g/mol. The number of benzene rings is 1. The van der Waals surface area contributed by atoms with E-state index < -0.39 is 42.3 Å². The van der Waals surface area contributed by atoms with Crippen LogP contribution in [0.5, 0.6) is 0 Å². The molecule has 0 N–H and O–H groups in total. The number of nitrogens with zero attached hydrogens (tertiary/aromatic N) is 6. The van der Waals surface area contributed by atoms with Crippen molar-refractivity contribution >= 4 is 17.5 Å². The van der Waals surface area contributed by atoms with Gasteiger partial charge in [-0.3, -0.25) is 24.4 Å². The molecule has 0 spiro atoms. The van der Waals surface area contributed by atoms with Gasteiger partial charge >= 0.3 is 12.6 Å². The maximum absolute atomic E-state index is 13.5. The standard InChI is InChI=1S/C26H25F5N6O3/c1-25(2)19-6-5-17(36-9-7-35(8-10-36)14-26(29,30)31)11-18(19)23(38)37(24(25)39)13-16-4-3-15(12-32-16)21-33-34-22(40-21)20(27)28/h3-6,11-12,20H,7-10,13-14H2,1-2H3. The third kappa shape index (κ3) is 5.40. The van der Waals surface area contributed by atoms with Crippen LogP contribution < -0.4 is 4.90 Å². The second-order valence-corrected chi connectivity index (χ2v) is 10.2. The van der Waals surface area contributed by atoms with Crippen molar-refractivity contribution in [3.8, 4) is 11.5 Å². The molecule has 2 aliphatic heterocycles. The zero-order valence-electron chi connectivity index (χ0n) is 21.6. The number of imide groups is 1. The van der Waals surface area contributed by atoms with Crippen LogP contribution in [0.2, 0.25) is 0 Å². The quantitative estimate of drug-likeness (QED) is 0.325. The molecule has 0 radical (unpaired) electrons. The summed E-state index contributed by atoms with van der Waals surface area (Å²) in [4.78, 5) is 35.5. The number of halogens is 5. The average Bonchev–Trinajstić information content (AvgIpc) is 3.41. The van der Waals surface area contributed by atoms with Crippen LogP contribution in [0.4, 0.5) is 27.6 Å². The maximum atomic E-state index is 13.5. The van der Waals surface area contributed by atoms with Crippen molar-refractivity contribution in [2.45, 2.75) is 38.4 Å². The fourth-order valence-electron chi connectivity index (χ4n) is 4.95. The molecule has 9 nitrogen and oxygen atoms in total. The zero-order valence-corrected chi connectivity index (χ0v) is 21.6. The Morgan fingerprint density at radius 3 is 2.35 bits per heavy atom. The highest BCUT2D eigenvalue weighted by molar-refractivity contribution is 6.13. The summed E-state index contributed by atoms with van der Waals surface area (Å²) in [6, 6.07) is 8.24. The molecule has 1 saturated heterocycles. The number of alkyl halides is 5. The van der Waals surface area contributed by atoms with Gasteiger partial charge in [-0.2, -0.15) is 22.0 Å². The Kier molecular flexibility index (Phi) is 7.06. The molecule has 0 atom stereocenters. The molecule has 1 fully saturated rings. The molecule has 0 aliphatic carbocycles. The number of pyridine rings is 1. The van der Waals surface area contributed by atoms with Crippen LogP contribution in [-0.4, -0.2) is 75.7 Å². The highest BCUT2D eigenvalue weighted by atomic mass is 19.4. The van der Waals surface area contributed by atoms with E-state index in [-0.39, 0.29) is 25.5 Å². The summed E-state index contributed by atoms with van der Waals surface area (Å²) >= 11 is 0. The van der Waals surface area contributed by atoms with Crippen LogP contribution in [-0.2, 0) is 16.8 Å². The molecule has 2 amide bonds. The zero-order chi connectivity index (χ0) is 28.8. The first-order chi connectivity index (χ1) is 18.8. The van der Waals surface area contributed by atoms with Crippen molar-refractivity contribution in [1.29, 1.82) is 0 Å². The van der Waals surface area contributed by atoms with E-state index in [1.54, 1.807) is 32.0 Å². The first-order valence-electron chi connectivity index (χ1n) is 12.5. The van der Waals surface area contributed by atoms with Crippen molar-refractivity contribution in [3.63, 3.8) is 0 Å². The third-order valence-electron chi connectivity index (χ3n) is 7.09. The molecule has 212 valence electrons. The Hall–Kier alpha value is -3.94. The fourth-order valence-corrected chi connectivity index (χ4v) is 4.95. The Bertz CT molecular complexity index is 1410. The molecule has 2 aliphatic rings. The Morgan fingerprint density at radius 2 is 1.75 bits per heavy atom. The van der Waals surface area contributed by atoms with Crippen molar-refractivity contribution in [2.75, 3.05) is 37.6 Å². The van der Waals surface area contributed by atoms with Crippen LogP contribution in [0.25, 0.3) is 11.5 Å². The summed E-state index contributed by atoms with van der Waals surface area (Å²) in [5.74, 6) is -1.88.